The molecule has 0 unspecified atom stereocenters. The molecule has 1 amide bonds. The molecule has 5 heteroatoms. The summed E-state index contributed by atoms with van der Waals surface area (Å²) in [7, 11) is 3.95. The lowest BCUT2D eigenvalue weighted by Crippen LogP contribution is -2.30. The highest BCUT2D eigenvalue weighted by Crippen LogP contribution is 2.34. The summed E-state index contributed by atoms with van der Waals surface area (Å²) in [5, 5.41) is 0.993. The molecule has 132 valence electrons. The maximum atomic E-state index is 13.2. The third-order valence-electron chi connectivity index (χ3n) is 4.96. The average molecular weight is 346 g/mol. The van der Waals surface area contributed by atoms with E-state index >= 15 is 0 Å². The lowest BCUT2D eigenvalue weighted by Gasteiger charge is -2.26. The zero-order chi connectivity index (χ0) is 18.1. The van der Waals surface area contributed by atoms with E-state index in [2.05, 4.69) is 16.0 Å². The predicted octanol–water partition coefficient (Wildman–Crippen LogP) is 3.67. The van der Waals surface area contributed by atoms with Crippen molar-refractivity contribution < 1.29 is 4.79 Å². The van der Waals surface area contributed by atoms with Gasteiger partial charge in [0.05, 0.1) is 17.1 Å². The van der Waals surface area contributed by atoms with Crippen LogP contribution in [0.25, 0.3) is 10.9 Å². The third-order valence-corrected chi connectivity index (χ3v) is 4.96. The first-order chi connectivity index (χ1) is 12.6. The van der Waals surface area contributed by atoms with Crippen LogP contribution in [0, 0.1) is 0 Å². The van der Waals surface area contributed by atoms with Crippen LogP contribution in [0.5, 0.6) is 0 Å². The zero-order valence-electron chi connectivity index (χ0n) is 15.1. The Bertz CT molecular complexity index is 953. The molecule has 0 N–H and O–H groups in total. The van der Waals surface area contributed by atoms with Gasteiger partial charge in [-0.1, -0.05) is 18.2 Å². The Morgan fingerprint density at radius 1 is 1.15 bits per heavy atom. The van der Waals surface area contributed by atoms with Crippen LogP contribution in [0.4, 0.5) is 5.82 Å². The van der Waals surface area contributed by atoms with Gasteiger partial charge < -0.3 is 9.80 Å². The first-order valence-corrected chi connectivity index (χ1v) is 8.92. The van der Waals surface area contributed by atoms with Crippen molar-refractivity contribution in [3.05, 3.63) is 66.0 Å². The van der Waals surface area contributed by atoms with Crippen molar-refractivity contribution in [2.45, 2.75) is 18.9 Å². The Balaban J connectivity index is 1.65. The lowest BCUT2D eigenvalue weighted by atomic mass is 10.0. The maximum absolute atomic E-state index is 13.2. The number of hydrogen-bond donors (Lipinski definition) is 0. The molecule has 0 spiro atoms. The van der Waals surface area contributed by atoms with Gasteiger partial charge in [-0.3, -0.25) is 9.78 Å². The van der Waals surface area contributed by atoms with E-state index in [1.54, 1.807) is 6.20 Å². The molecule has 0 saturated carbocycles. The molecule has 3 heterocycles. The summed E-state index contributed by atoms with van der Waals surface area (Å²) in [6.07, 6.45) is 5.50. The number of carbonyl (C=O) groups excluding carboxylic acids is 1. The fraction of sp³-hybridized carbons (Fsp3) is 0.286. The van der Waals surface area contributed by atoms with E-state index in [0.29, 0.717) is 5.56 Å². The van der Waals surface area contributed by atoms with Crippen LogP contribution in [0.3, 0.4) is 0 Å². The molecular formula is C21H22N4O. The Hall–Kier alpha value is -2.95. The lowest BCUT2D eigenvalue weighted by molar-refractivity contribution is 0.0735. The Morgan fingerprint density at radius 2 is 2.00 bits per heavy atom. The van der Waals surface area contributed by atoms with Crippen LogP contribution in [-0.4, -0.2) is 41.4 Å². The smallest absolute Gasteiger partial charge is 0.255 e. The molecule has 0 aliphatic carbocycles. The minimum absolute atomic E-state index is 0.0500. The highest BCUT2D eigenvalue weighted by Gasteiger charge is 2.31. The number of carbonyl (C=O) groups is 1. The Kier molecular flexibility index (Phi) is 4.29. The van der Waals surface area contributed by atoms with E-state index in [4.69, 9.17) is 0 Å². The number of aromatic nitrogens is 2. The molecule has 0 radical (unpaired) electrons. The SMILES string of the molecule is CN(C)c1cc([C@H]2CCCN2C(=O)c2cnc3ccccc3c2)ccn1. The molecule has 1 fully saturated rings. The standard InChI is InChI=1S/C21H22N4O/c1-24(2)20-13-16(9-10-22-20)19-8-5-11-25(19)21(26)17-12-15-6-3-4-7-18(15)23-14-17/h3-4,6-7,9-10,12-14,19H,5,8,11H2,1-2H3/t19-/m1/s1. The number of hydrogen-bond acceptors (Lipinski definition) is 4. The van der Waals surface area contributed by atoms with Crippen LogP contribution < -0.4 is 4.90 Å². The number of para-hydroxylation sites is 1. The van der Waals surface area contributed by atoms with E-state index < -0.39 is 0 Å². The quantitative estimate of drug-likeness (QED) is 0.726. The molecule has 2 aromatic heterocycles. The van der Waals surface area contributed by atoms with Crippen LogP contribution in [0.15, 0.2) is 54.9 Å². The normalized spacial score (nSPS) is 16.8. The number of anilines is 1. The van der Waals surface area contributed by atoms with E-state index in [1.807, 2.05) is 66.5 Å². The highest BCUT2D eigenvalue weighted by atomic mass is 16.2. The number of fused-ring (bicyclic) bond motifs is 1. The second-order valence-electron chi connectivity index (χ2n) is 6.92. The number of amides is 1. The molecule has 1 aliphatic heterocycles. The fourth-order valence-electron chi connectivity index (χ4n) is 3.60. The minimum atomic E-state index is 0.0500. The van der Waals surface area contributed by atoms with Gasteiger partial charge in [0.15, 0.2) is 0 Å². The molecule has 26 heavy (non-hydrogen) atoms. The third kappa shape index (κ3) is 3.01. The van der Waals surface area contributed by atoms with E-state index in [1.165, 1.54) is 0 Å². The molecule has 1 atom stereocenters. The molecule has 0 bridgehead atoms. The zero-order valence-corrected chi connectivity index (χ0v) is 15.1. The van der Waals surface area contributed by atoms with Gasteiger partial charge in [-0.25, -0.2) is 4.98 Å². The topological polar surface area (TPSA) is 49.3 Å². The van der Waals surface area contributed by atoms with E-state index in [0.717, 1.165) is 41.7 Å². The Morgan fingerprint density at radius 3 is 2.85 bits per heavy atom. The van der Waals surface area contributed by atoms with Gasteiger partial charge in [-0.15, -0.1) is 0 Å². The maximum Gasteiger partial charge on any atom is 0.255 e. The van der Waals surface area contributed by atoms with Gasteiger partial charge in [0, 0.05) is 38.4 Å². The second kappa shape index (κ2) is 6.75. The molecule has 4 rings (SSSR count). The van der Waals surface area contributed by atoms with Gasteiger partial charge in [0.25, 0.3) is 5.91 Å². The number of pyridine rings is 2. The molecule has 1 saturated heterocycles. The summed E-state index contributed by atoms with van der Waals surface area (Å²) in [4.78, 5) is 25.9. The first-order valence-electron chi connectivity index (χ1n) is 8.92. The average Bonchev–Trinajstić information content (AvgIpc) is 3.17. The van der Waals surface area contributed by atoms with E-state index in [-0.39, 0.29) is 11.9 Å². The summed E-state index contributed by atoms with van der Waals surface area (Å²) in [6.45, 7) is 0.774. The molecule has 5 nitrogen and oxygen atoms in total. The summed E-state index contributed by atoms with van der Waals surface area (Å²) >= 11 is 0. The summed E-state index contributed by atoms with van der Waals surface area (Å²) in [6, 6.07) is 14.0. The van der Waals surface area contributed by atoms with Gasteiger partial charge in [0.1, 0.15) is 5.82 Å². The number of rotatable bonds is 3. The molecule has 1 aromatic carbocycles. The molecule has 1 aliphatic rings. The van der Waals surface area contributed by atoms with Crippen LogP contribution >= 0.6 is 0 Å². The van der Waals surface area contributed by atoms with Gasteiger partial charge >= 0.3 is 0 Å². The highest BCUT2D eigenvalue weighted by molar-refractivity contribution is 5.97. The monoisotopic (exact) mass is 346 g/mol. The van der Waals surface area contributed by atoms with Crippen molar-refractivity contribution in [3.63, 3.8) is 0 Å². The van der Waals surface area contributed by atoms with Crippen molar-refractivity contribution in [2.75, 3.05) is 25.5 Å². The fourth-order valence-corrected chi connectivity index (χ4v) is 3.60. The van der Waals surface area contributed by atoms with Crippen LogP contribution in [0.2, 0.25) is 0 Å². The number of benzene rings is 1. The first kappa shape index (κ1) is 16.5. The van der Waals surface area contributed by atoms with Crippen LogP contribution in [-0.2, 0) is 0 Å². The van der Waals surface area contributed by atoms with Gasteiger partial charge in [-0.05, 0) is 42.7 Å². The number of likely N-dealkylation sites (tertiary alicyclic amines) is 1. The van der Waals surface area contributed by atoms with Crippen molar-refractivity contribution in [1.82, 2.24) is 14.9 Å². The largest absolute Gasteiger partial charge is 0.363 e. The van der Waals surface area contributed by atoms with Gasteiger partial charge in [-0.2, -0.15) is 0 Å². The summed E-state index contributed by atoms with van der Waals surface area (Å²) in [5.41, 5.74) is 2.70. The van der Waals surface area contributed by atoms with Crippen molar-refractivity contribution in [1.29, 1.82) is 0 Å². The van der Waals surface area contributed by atoms with Crippen molar-refractivity contribution in [2.24, 2.45) is 0 Å². The number of nitrogens with zero attached hydrogens (tertiary/aromatic N) is 4. The second-order valence-corrected chi connectivity index (χ2v) is 6.92. The minimum Gasteiger partial charge on any atom is -0.363 e. The van der Waals surface area contributed by atoms with Crippen molar-refractivity contribution >= 4 is 22.6 Å². The summed E-state index contributed by atoms with van der Waals surface area (Å²) in [5.74, 6) is 0.961. The molecular weight excluding hydrogens is 324 g/mol. The predicted molar refractivity (Wildman–Crippen MR) is 103 cm³/mol. The molecule has 3 aromatic rings. The van der Waals surface area contributed by atoms with E-state index in [9.17, 15) is 4.79 Å². The van der Waals surface area contributed by atoms with Crippen LogP contribution in [0.1, 0.15) is 34.8 Å². The van der Waals surface area contributed by atoms with Gasteiger partial charge in [0.2, 0.25) is 0 Å². The summed E-state index contributed by atoms with van der Waals surface area (Å²) < 4.78 is 0. The van der Waals surface area contributed by atoms with Crippen molar-refractivity contribution in [3.8, 4) is 0 Å². The Labute approximate surface area is 153 Å².